The van der Waals surface area contributed by atoms with Gasteiger partial charge in [0, 0.05) is 53.8 Å². The first kappa shape index (κ1) is 24.6. The highest BCUT2D eigenvalue weighted by atomic mass is 79.9. The molecule has 0 radical (unpaired) electrons. The number of ether oxygens (including phenoxy) is 1. The van der Waals surface area contributed by atoms with Crippen molar-refractivity contribution in [3.63, 3.8) is 0 Å². The molecule has 0 unspecified atom stereocenters. The molecule has 5 nitrogen and oxygen atoms in total. The van der Waals surface area contributed by atoms with Gasteiger partial charge >= 0.3 is 6.18 Å². The largest absolute Gasteiger partial charge is 0.405 e. The Labute approximate surface area is 195 Å². The number of nitrogens with one attached hydrogen (secondary N) is 2. The normalized spacial score (nSPS) is 17.7. The van der Waals surface area contributed by atoms with Crippen molar-refractivity contribution in [1.82, 2.24) is 10.6 Å². The summed E-state index contributed by atoms with van der Waals surface area (Å²) >= 11 is 3.39. The summed E-state index contributed by atoms with van der Waals surface area (Å²) in [6.07, 6.45) is -1.32. The molecule has 176 valence electrons. The van der Waals surface area contributed by atoms with E-state index in [4.69, 9.17) is 4.74 Å². The number of allylic oxidation sites excluding steroid dienone is 3. The van der Waals surface area contributed by atoms with Crippen LogP contribution in [0.1, 0.15) is 42.6 Å². The molecule has 0 spiro atoms. The molecule has 32 heavy (non-hydrogen) atoms. The number of dihydropyridines is 1. The summed E-state index contributed by atoms with van der Waals surface area (Å²) in [5.41, 5.74) is 4.55. The number of anilines is 1. The van der Waals surface area contributed by atoms with Crippen molar-refractivity contribution in [2.24, 2.45) is 0 Å². The molecule has 1 aromatic carbocycles. The monoisotopic (exact) mass is 515 g/mol. The van der Waals surface area contributed by atoms with Crippen LogP contribution in [0.3, 0.4) is 0 Å². The van der Waals surface area contributed by atoms with Gasteiger partial charge in [-0.15, -0.1) is 0 Å². The average molecular weight is 516 g/mol. The van der Waals surface area contributed by atoms with Crippen LogP contribution >= 0.6 is 15.9 Å². The third-order valence-corrected chi connectivity index (χ3v) is 6.37. The molecular weight excluding hydrogens is 487 g/mol. The molecule has 2 aliphatic rings. The van der Waals surface area contributed by atoms with Crippen LogP contribution in [0.25, 0.3) is 0 Å². The van der Waals surface area contributed by atoms with Crippen molar-refractivity contribution in [3.8, 4) is 0 Å². The maximum absolute atomic E-state index is 13.4. The summed E-state index contributed by atoms with van der Waals surface area (Å²) < 4.78 is 46.3. The summed E-state index contributed by atoms with van der Waals surface area (Å²) in [7, 11) is 0. The zero-order valence-corrected chi connectivity index (χ0v) is 20.1. The van der Waals surface area contributed by atoms with Gasteiger partial charge in [0.05, 0.1) is 0 Å². The number of benzene rings is 1. The minimum absolute atomic E-state index is 0.301. The Hall–Kier alpha value is -2.00. The van der Waals surface area contributed by atoms with E-state index < -0.39 is 12.7 Å². The fourth-order valence-electron chi connectivity index (χ4n) is 4.15. The van der Waals surface area contributed by atoms with Crippen LogP contribution in [0.2, 0.25) is 0 Å². The number of halogens is 4. The summed E-state index contributed by atoms with van der Waals surface area (Å²) in [4.78, 5) is 14.4. The lowest BCUT2D eigenvalue weighted by atomic mass is 10.0. The molecule has 1 saturated heterocycles. The lowest BCUT2D eigenvalue weighted by Crippen LogP contribution is -2.45. The molecule has 1 amide bonds. The Morgan fingerprint density at radius 2 is 1.94 bits per heavy atom. The third-order valence-electron chi connectivity index (χ3n) is 5.91. The van der Waals surface area contributed by atoms with E-state index in [1.165, 1.54) is 4.90 Å². The summed E-state index contributed by atoms with van der Waals surface area (Å²) in [6, 6.07) is 3.03. The lowest BCUT2D eigenvalue weighted by Gasteiger charge is -2.37. The van der Waals surface area contributed by atoms with Crippen molar-refractivity contribution in [2.75, 3.05) is 37.7 Å². The van der Waals surface area contributed by atoms with Crippen LogP contribution in [-0.4, -0.2) is 51.0 Å². The number of carbonyl (C=O) groups is 1. The Bertz CT molecular complexity index is 922. The Balaban J connectivity index is 1.87. The van der Waals surface area contributed by atoms with Crippen LogP contribution in [-0.2, 0) is 4.74 Å². The fourth-order valence-corrected chi connectivity index (χ4v) is 4.59. The zero-order valence-electron chi connectivity index (χ0n) is 18.5. The molecule has 9 heteroatoms. The smallest absolute Gasteiger partial charge is 0.385 e. The molecule has 1 aromatic rings. The molecule has 0 atom stereocenters. The van der Waals surface area contributed by atoms with Crippen LogP contribution < -0.4 is 15.5 Å². The van der Waals surface area contributed by atoms with Crippen molar-refractivity contribution in [2.45, 2.75) is 45.8 Å². The molecular formula is C23H29BrF3N3O2. The number of rotatable bonds is 6. The van der Waals surface area contributed by atoms with Gasteiger partial charge < -0.3 is 20.3 Å². The predicted molar refractivity (Wildman–Crippen MR) is 123 cm³/mol. The molecule has 0 aromatic heterocycles. The number of hydrogen-bond acceptors (Lipinski definition) is 4. The number of nitrogens with zero attached hydrogens (tertiary/aromatic N) is 1. The standard InChI is InChI=1S/C23H29BrF3N3O2/c1-14-8-15(2)28-11-17(14)12-29-22(31)20-9-18(24)10-21(16(20)3)30(13-23(25,26)27)19-4-6-32-7-5-19/h8-10,19,28H,4-7,11-13H2,1-3H3,(H,29,31). The maximum Gasteiger partial charge on any atom is 0.405 e. The number of hydrogen-bond donors (Lipinski definition) is 2. The van der Waals surface area contributed by atoms with Gasteiger partial charge in [0.25, 0.3) is 5.91 Å². The Morgan fingerprint density at radius 3 is 2.56 bits per heavy atom. The van der Waals surface area contributed by atoms with Crippen LogP contribution in [0.5, 0.6) is 0 Å². The molecule has 0 saturated carbocycles. The SMILES string of the molecule is CC1=CC(C)=C(CNC(=O)c2cc(Br)cc(N(CC(F)(F)F)C3CCOCC3)c2C)CN1. The minimum atomic E-state index is -4.36. The summed E-state index contributed by atoms with van der Waals surface area (Å²) in [5, 5.41) is 6.18. The van der Waals surface area contributed by atoms with E-state index >= 15 is 0 Å². The fraction of sp³-hybridized carbons (Fsp3) is 0.522. The van der Waals surface area contributed by atoms with E-state index in [-0.39, 0.29) is 11.9 Å². The highest BCUT2D eigenvalue weighted by Crippen LogP contribution is 2.34. The second kappa shape index (κ2) is 10.3. The minimum Gasteiger partial charge on any atom is -0.385 e. The van der Waals surface area contributed by atoms with Gasteiger partial charge in [0.15, 0.2) is 0 Å². The van der Waals surface area contributed by atoms with Gasteiger partial charge in [-0.2, -0.15) is 13.2 Å². The first-order valence-electron chi connectivity index (χ1n) is 10.7. The van der Waals surface area contributed by atoms with E-state index in [0.717, 1.165) is 16.8 Å². The van der Waals surface area contributed by atoms with Crippen molar-refractivity contribution in [3.05, 3.63) is 50.7 Å². The molecule has 2 N–H and O–H groups in total. The number of carbonyl (C=O) groups excluding carboxylic acids is 1. The van der Waals surface area contributed by atoms with Crippen LogP contribution in [0, 0.1) is 6.92 Å². The first-order valence-corrected chi connectivity index (χ1v) is 11.4. The average Bonchev–Trinajstić information content (AvgIpc) is 2.72. The quantitative estimate of drug-likeness (QED) is 0.568. The van der Waals surface area contributed by atoms with Gasteiger partial charge in [0.2, 0.25) is 0 Å². The number of amides is 1. The van der Waals surface area contributed by atoms with E-state index in [1.807, 2.05) is 19.9 Å². The van der Waals surface area contributed by atoms with Gasteiger partial charge in [-0.05, 0) is 68.5 Å². The Morgan fingerprint density at radius 1 is 1.25 bits per heavy atom. The van der Waals surface area contributed by atoms with E-state index in [9.17, 15) is 18.0 Å². The summed E-state index contributed by atoms with van der Waals surface area (Å²) in [5.74, 6) is -0.310. The third kappa shape index (κ3) is 6.28. The second-order valence-corrected chi connectivity index (χ2v) is 9.25. The van der Waals surface area contributed by atoms with Crippen LogP contribution in [0.4, 0.5) is 18.9 Å². The Kier molecular flexibility index (Phi) is 7.92. The maximum atomic E-state index is 13.4. The van der Waals surface area contributed by atoms with Gasteiger partial charge in [-0.1, -0.05) is 15.9 Å². The second-order valence-electron chi connectivity index (χ2n) is 8.33. The first-order chi connectivity index (χ1) is 15.0. The zero-order chi connectivity index (χ0) is 23.5. The molecule has 3 rings (SSSR count). The predicted octanol–water partition coefficient (Wildman–Crippen LogP) is 4.86. The number of alkyl halides is 3. The molecule has 0 bridgehead atoms. The van der Waals surface area contributed by atoms with Gasteiger partial charge in [0.1, 0.15) is 6.54 Å². The topological polar surface area (TPSA) is 53.6 Å². The van der Waals surface area contributed by atoms with E-state index in [2.05, 4.69) is 26.6 Å². The highest BCUT2D eigenvalue weighted by molar-refractivity contribution is 9.10. The van der Waals surface area contributed by atoms with Gasteiger partial charge in [-0.25, -0.2) is 0 Å². The molecule has 1 fully saturated rings. The highest BCUT2D eigenvalue weighted by Gasteiger charge is 2.36. The van der Waals surface area contributed by atoms with Crippen molar-refractivity contribution in [1.29, 1.82) is 0 Å². The van der Waals surface area contributed by atoms with Gasteiger partial charge in [-0.3, -0.25) is 4.79 Å². The van der Waals surface area contributed by atoms with Crippen molar-refractivity contribution >= 4 is 27.5 Å². The van der Waals surface area contributed by atoms with Crippen molar-refractivity contribution < 1.29 is 22.7 Å². The molecule has 0 aliphatic carbocycles. The summed E-state index contributed by atoms with van der Waals surface area (Å²) in [6.45, 7) is 6.49. The van der Waals surface area contributed by atoms with E-state index in [0.29, 0.717) is 60.4 Å². The van der Waals surface area contributed by atoms with E-state index in [1.54, 1.807) is 19.1 Å². The molecule has 2 heterocycles. The lowest BCUT2D eigenvalue weighted by molar-refractivity contribution is -0.121. The van der Waals surface area contributed by atoms with Crippen LogP contribution in [0.15, 0.2) is 39.5 Å². The molecule has 2 aliphatic heterocycles.